The highest BCUT2D eigenvalue weighted by Gasteiger charge is 2.09. The maximum absolute atomic E-state index is 10.2. The highest BCUT2D eigenvalue weighted by atomic mass is 32.2. The SMILES string of the molecule is N[C@@H](CSCCC=C=O)C(=O)O. The van der Waals surface area contributed by atoms with Crippen LogP contribution in [0.2, 0.25) is 0 Å². The molecule has 0 aliphatic rings. The summed E-state index contributed by atoms with van der Waals surface area (Å²) >= 11 is 1.41. The summed E-state index contributed by atoms with van der Waals surface area (Å²) in [4.78, 5) is 19.9. The zero-order valence-corrected chi connectivity index (χ0v) is 7.34. The molecule has 0 spiro atoms. The summed E-state index contributed by atoms with van der Waals surface area (Å²) in [5, 5.41) is 8.38. The highest BCUT2D eigenvalue weighted by Crippen LogP contribution is 2.03. The fraction of sp³-hybridized carbons (Fsp3) is 0.571. The molecule has 0 fully saturated rings. The number of carboxylic acids is 1. The van der Waals surface area contributed by atoms with Crippen molar-refractivity contribution in [2.75, 3.05) is 11.5 Å². The van der Waals surface area contributed by atoms with Gasteiger partial charge in [-0.05, 0) is 12.2 Å². The number of rotatable bonds is 6. The van der Waals surface area contributed by atoms with E-state index in [1.54, 1.807) is 5.94 Å². The van der Waals surface area contributed by atoms with Crippen LogP contribution in [0.15, 0.2) is 6.08 Å². The Balaban J connectivity index is 3.31. The summed E-state index contributed by atoms with van der Waals surface area (Å²) in [6.45, 7) is 0. The molecule has 0 aromatic rings. The van der Waals surface area contributed by atoms with Gasteiger partial charge in [-0.1, -0.05) is 0 Å². The van der Waals surface area contributed by atoms with Gasteiger partial charge in [-0.3, -0.25) is 4.79 Å². The molecule has 0 aromatic carbocycles. The van der Waals surface area contributed by atoms with Gasteiger partial charge < -0.3 is 10.8 Å². The summed E-state index contributed by atoms with van der Waals surface area (Å²) in [6, 6.07) is -0.810. The lowest BCUT2D eigenvalue weighted by atomic mass is 10.4. The molecule has 3 N–H and O–H groups in total. The molecule has 68 valence electrons. The average Bonchev–Trinajstić information content (AvgIpc) is 2.03. The second-order valence-corrected chi connectivity index (χ2v) is 3.28. The molecule has 0 saturated carbocycles. The monoisotopic (exact) mass is 189 g/mol. The van der Waals surface area contributed by atoms with E-state index in [0.717, 1.165) is 0 Å². The Morgan fingerprint density at radius 1 is 1.75 bits per heavy atom. The topological polar surface area (TPSA) is 80.4 Å². The molecule has 4 nitrogen and oxygen atoms in total. The molecule has 12 heavy (non-hydrogen) atoms. The van der Waals surface area contributed by atoms with Gasteiger partial charge in [0.25, 0.3) is 0 Å². The fourth-order valence-corrected chi connectivity index (χ4v) is 1.33. The van der Waals surface area contributed by atoms with Crippen LogP contribution in [-0.2, 0) is 9.59 Å². The van der Waals surface area contributed by atoms with Gasteiger partial charge in [0, 0.05) is 11.8 Å². The van der Waals surface area contributed by atoms with Crippen LogP contribution in [-0.4, -0.2) is 34.6 Å². The number of hydrogen-bond acceptors (Lipinski definition) is 4. The van der Waals surface area contributed by atoms with Gasteiger partial charge in [0.1, 0.15) is 12.0 Å². The highest BCUT2D eigenvalue weighted by molar-refractivity contribution is 7.99. The van der Waals surface area contributed by atoms with Crippen LogP contribution in [0.4, 0.5) is 0 Å². The molecule has 1 atom stereocenters. The predicted octanol–water partition coefficient (Wildman–Crippen LogP) is -0.0906. The van der Waals surface area contributed by atoms with E-state index in [1.165, 1.54) is 17.8 Å². The first-order valence-corrected chi connectivity index (χ1v) is 4.59. The van der Waals surface area contributed by atoms with E-state index in [1.807, 2.05) is 0 Å². The Morgan fingerprint density at radius 3 is 2.92 bits per heavy atom. The van der Waals surface area contributed by atoms with Gasteiger partial charge in [-0.2, -0.15) is 11.8 Å². The fourth-order valence-electron chi connectivity index (χ4n) is 0.483. The van der Waals surface area contributed by atoms with E-state index in [0.29, 0.717) is 17.9 Å². The summed E-state index contributed by atoms with van der Waals surface area (Å²) in [6.07, 6.45) is 1.99. The molecule has 0 aliphatic carbocycles. The zero-order valence-electron chi connectivity index (χ0n) is 6.53. The van der Waals surface area contributed by atoms with Crippen molar-refractivity contribution >= 4 is 23.7 Å². The van der Waals surface area contributed by atoms with Crippen molar-refractivity contribution in [2.45, 2.75) is 12.5 Å². The Hall–Kier alpha value is -0.770. The minimum atomic E-state index is -0.992. The molecular formula is C7H11NO3S. The maximum Gasteiger partial charge on any atom is 0.321 e. The van der Waals surface area contributed by atoms with Crippen molar-refractivity contribution in [3.8, 4) is 0 Å². The molecule has 0 aromatic heterocycles. The average molecular weight is 189 g/mol. The number of allylic oxidation sites excluding steroid dienone is 1. The van der Waals surface area contributed by atoms with Gasteiger partial charge in [0.05, 0.1) is 0 Å². The molecule has 0 bridgehead atoms. The van der Waals surface area contributed by atoms with Crippen LogP contribution in [0.25, 0.3) is 0 Å². The number of nitrogens with two attached hydrogens (primary N) is 1. The number of carboxylic acid groups (broad SMARTS) is 1. The molecule has 0 rings (SSSR count). The normalized spacial score (nSPS) is 11.8. The van der Waals surface area contributed by atoms with E-state index < -0.39 is 12.0 Å². The van der Waals surface area contributed by atoms with E-state index in [-0.39, 0.29) is 0 Å². The third-order valence-electron chi connectivity index (χ3n) is 1.10. The molecule has 0 radical (unpaired) electrons. The summed E-state index contributed by atoms with van der Waals surface area (Å²) in [5.74, 6) is 1.73. The summed E-state index contributed by atoms with van der Waals surface area (Å²) in [5.41, 5.74) is 5.22. The number of hydrogen-bond donors (Lipinski definition) is 2. The van der Waals surface area contributed by atoms with Gasteiger partial charge >= 0.3 is 5.97 Å². The quantitative estimate of drug-likeness (QED) is 0.451. The second-order valence-electron chi connectivity index (χ2n) is 2.13. The van der Waals surface area contributed by atoms with Crippen molar-refractivity contribution in [3.05, 3.63) is 6.08 Å². The van der Waals surface area contributed by atoms with Crippen molar-refractivity contribution < 1.29 is 14.7 Å². The third-order valence-corrected chi connectivity index (χ3v) is 2.22. The number of aliphatic carboxylic acids is 1. The van der Waals surface area contributed by atoms with E-state index in [4.69, 9.17) is 10.8 Å². The van der Waals surface area contributed by atoms with Crippen molar-refractivity contribution in [1.82, 2.24) is 0 Å². The minimum Gasteiger partial charge on any atom is -0.480 e. The molecule has 0 heterocycles. The Labute approximate surface area is 74.8 Å². The van der Waals surface area contributed by atoms with Crippen LogP contribution in [0.1, 0.15) is 6.42 Å². The Bertz CT molecular complexity index is 189. The summed E-state index contributed by atoms with van der Waals surface area (Å²) in [7, 11) is 0. The van der Waals surface area contributed by atoms with Gasteiger partial charge in [-0.25, -0.2) is 4.79 Å². The van der Waals surface area contributed by atoms with Crippen LogP contribution in [0.5, 0.6) is 0 Å². The lowest BCUT2D eigenvalue weighted by Gasteiger charge is -2.03. The van der Waals surface area contributed by atoms with E-state index >= 15 is 0 Å². The van der Waals surface area contributed by atoms with Gasteiger partial charge in [0.15, 0.2) is 0 Å². The van der Waals surface area contributed by atoms with Crippen LogP contribution >= 0.6 is 11.8 Å². The maximum atomic E-state index is 10.2. The Kier molecular flexibility index (Phi) is 6.47. The number of thioether (sulfide) groups is 1. The van der Waals surface area contributed by atoms with Crippen molar-refractivity contribution in [2.24, 2.45) is 5.73 Å². The van der Waals surface area contributed by atoms with Gasteiger partial charge in [-0.15, -0.1) is 0 Å². The van der Waals surface area contributed by atoms with Crippen LogP contribution in [0.3, 0.4) is 0 Å². The minimum absolute atomic E-state index is 0.377. The number of carbonyl (C=O) groups is 1. The molecule has 0 unspecified atom stereocenters. The molecule has 0 amide bonds. The van der Waals surface area contributed by atoms with Crippen LogP contribution in [0, 0.1) is 0 Å². The lowest BCUT2D eigenvalue weighted by molar-refractivity contribution is -0.137. The largest absolute Gasteiger partial charge is 0.480 e. The molecule has 0 aliphatic heterocycles. The van der Waals surface area contributed by atoms with Crippen molar-refractivity contribution in [3.63, 3.8) is 0 Å². The first-order chi connectivity index (χ1) is 5.68. The molecular weight excluding hydrogens is 178 g/mol. The first-order valence-electron chi connectivity index (χ1n) is 3.44. The van der Waals surface area contributed by atoms with E-state index in [2.05, 4.69) is 0 Å². The van der Waals surface area contributed by atoms with Crippen LogP contribution < -0.4 is 5.73 Å². The van der Waals surface area contributed by atoms with Crippen molar-refractivity contribution in [1.29, 1.82) is 0 Å². The molecule has 5 heteroatoms. The van der Waals surface area contributed by atoms with E-state index in [9.17, 15) is 9.59 Å². The zero-order chi connectivity index (χ0) is 9.40. The number of carbonyl (C=O) groups excluding carboxylic acids is 1. The third kappa shape index (κ3) is 5.97. The van der Waals surface area contributed by atoms with Gasteiger partial charge in [0.2, 0.25) is 0 Å². The Morgan fingerprint density at radius 2 is 2.42 bits per heavy atom. The smallest absolute Gasteiger partial charge is 0.321 e. The first kappa shape index (κ1) is 11.2. The second kappa shape index (κ2) is 6.91. The standard InChI is InChI=1S/C7H11NO3S/c8-6(7(10)11)5-12-4-2-1-3-9/h1,6H,2,4-5,8H2,(H,10,11)/t6-/m0/s1. The molecule has 0 saturated heterocycles. The predicted molar refractivity (Wildman–Crippen MR) is 47.8 cm³/mol. The summed E-state index contributed by atoms with van der Waals surface area (Å²) < 4.78 is 0. The lowest BCUT2D eigenvalue weighted by Crippen LogP contribution is -2.32.